The molecule has 1 fully saturated rings. The van der Waals surface area contributed by atoms with E-state index in [4.69, 9.17) is 15.2 Å². The summed E-state index contributed by atoms with van der Waals surface area (Å²) < 4.78 is 13.0. The van der Waals surface area contributed by atoms with E-state index < -0.39 is 0 Å². The molecule has 1 aromatic carbocycles. The van der Waals surface area contributed by atoms with E-state index in [1.807, 2.05) is 0 Å². The molecule has 3 nitrogen and oxygen atoms in total. The molecule has 2 N–H and O–H groups in total. The summed E-state index contributed by atoms with van der Waals surface area (Å²) in [6, 6.07) is 8.49. The van der Waals surface area contributed by atoms with Crippen LogP contribution >= 0.6 is 11.3 Å². The lowest BCUT2D eigenvalue weighted by Crippen LogP contribution is -2.27. The van der Waals surface area contributed by atoms with Crippen molar-refractivity contribution in [1.82, 2.24) is 0 Å². The predicted molar refractivity (Wildman–Crippen MR) is 87.6 cm³/mol. The molecule has 4 heteroatoms. The van der Waals surface area contributed by atoms with Gasteiger partial charge in [-0.25, -0.2) is 0 Å². The summed E-state index contributed by atoms with van der Waals surface area (Å²) in [6.45, 7) is 1.25. The highest BCUT2D eigenvalue weighted by molar-refractivity contribution is 7.19. The third kappa shape index (κ3) is 3.29. The normalized spacial score (nSPS) is 22.8. The molecule has 0 saturated heterocycles. The number of ether oxygens (including phenoxy) is 2. The van der Waals surface area contributed by atoms with E-state index in [1.165, 1.54) is 26.9 Å². The van der Waals surface area contributed by atoms with Gasteiger partial charge in [0, 0.05) is 28.8 Å². The van der Waals surface area contributed by atoms with Gasteiger partial charge in [0.15, 0.2) is 0 Å². The first-order valence-electron chi connectivity index (χ1n) is 7.65. The van der Waals surface area contributed by atoms with Crippen molar-refractivity contribution in [3.8, 4) is 0 Å². The third-order valence-electron chi connectivity index (χ3n) is 4.34. The molecule has 21 heavy (non-hydrogen) atoms. The lowest BCUT2D eigenvalue weighted by molar-refractivity contribution is -0.0361. The molecule has 1 heterocycles. The molecule has 0 spiro atoms. The number of hydrogen-bond donors (Lipinski definition) is 1. The molecular weight excluding hydrogens is 282 g/mol. The van der Waals surface area contributed by atoms with Crippen molar-refractivity contribution in [2.45, 2.75) is 51.0 Å². The number of methoxy groups -OCH3 is 1. The highest BCUT2D eigenvalue weighted by atomic mass is 32.1. The first-order valence-corrected chi connectivity index (χ1v) is 8.47. The molecule has 1 saturated carbocycles. The summed E-state index contributed by atoms with van der Waals surface area (Å²) in [5.41, 5.74) is 7.18. The first kappa shape index (κ1) is 15.0. The van der Waals surface area contributed by atoms with E-state index in [1.54, 1.807) is 18.4 Å². The Morgan fingerprint density at radius 1 is 1.24 bits per heavy atom. The van der Waals surface area contributed by atoms with E-state index >= 15 is 0 Å². The standard InChI is InChI=1S/C17H23NO2S/c1-19-12-5-4-6-13(9-12)20-11-15-14-7-2-3-8-16(14)21-17(15)10-18/h2-3,7-8,12-13H,4-6,9-11,18H2,1H3. The van der Waals surface area contributed by atoms with E-state index in [-0.39, 0.29) is 0 Å². The summed E-state index contributed by atoms with van der Waals surface area (Å²) in [6.07, 6.45) is 5.17. The van der Waals surface area contributed by atoms with Gasteiger partial charge in [-0.05, 0) is 37.1 Å². The topological polar surface area (TPSA) is 44.5 Å². The fourth-order valence-electron chi connectivity index (χ4n) is 3.14. The van der Waals surface area contributed by atoms with Crippen molar-refractivity contribution in [2.24, 2.45) is 5.73 Å². The summed E-state index contributed by atoms with van der Waals surface area (Å²) in [7, 11) is 1.80. The van der Waals surface area contributed by atoms with Gasteiger partial charge in [-0.1, -0.05) is 18.2 Å². The maximum absolute atomic E-state index is 6.18. The molecule has 1 aromatic heterocycles. The molecule has 0 amide bonds. The van der Waals surface area contributed by atoms with Crippen LogP contribution in [0.4, 0.5) is 0 Å². The van der Waals surface area contributed by atoms with Gasteiger partial charge in [0.1, 0.15) is 0 Å². The van der Waals surface area contributed by atoms with E-state index in [9.17, 15) is 0 Å². The molecule has 1 aliphatic rings. The van der Waals surface area contributed by atoms with Gasteiger partial charge in [0.25, 0.3) is 0 Å². The van der Waals surface area contributed by atoms with Crippen LogP contribution in [0.5, 0.6) is 0 Å². The summed E-state index contributed by atoms with van der Waals surface area (Å²) >= 11 is 1.79. The van der Waals surface area contributed by atoms with Gasteiger partial charge in [-0.3, -0.25) is 0 Å². The molecule has 2 aromatic rings. The SMILES string of the molecule is COC1CCCC(OCc2c(CN)sc3ccccc23)C1. The van der Waals surface area contributed by atoms with E-state index in [0.717, 1.165) is 19.3 Å². The Kier molecular flexibility index (Phi) is 4.91. The highest BCUT2D eigenvalue weighted by Gasteiger charge is 2.23. The van der Waals surface area contributed by atoms with Crippen molar-refractivity contribution in [2.75, 3.05) is 7.11 Å². The smallest absolute Gasteiger partial charge is 0.0738 e. The Labute approximate surface area is 130 Å². The van der Waals surface area contributed by atoms with Crippen molar-refractivity contribution < 1.29 is 9.47 Å². The Balaban J connectivity index is 1.72. The van der Waals surface area contributed by atoms with Crippen molar-refractivity contribution >= 4 is 21.4 Å². The monoisotopic (exact) mass is 305 g/mol. The number of benzene rings is 1. The van der Waals surface area contributed by atoms with Crippen LogP contribution in [0.15, 0.2) is 24.3 Å². The van der Waals surface area contributed by atoms with Gasteiger partial charge < -0.3 is 15.2 Å². The second-order valence-corrected chi connectivity index (χ2v) is 6.80. The zero-order valence-corrected chi connectivity index (χ0v) is 13.3. The number of rotatable bonds is 5. The Morgan fingerprint density at radius 3 is 2.86 bits per heavy atom. The number of hydrogen-bond acceptors (Lipinski definition) is 4. The number of thiophene rings is 1. The van der Waals surface area contributed by atoms with E-state index in [2.05, 4.69) is 24.3 Å². The molecule has 1 aliphatic carbocycles. The molecule has 3 rings (SSSR count). The van der Waals surface area contributed by atoms with Crippen LogP contribution in [0.1, 0.15) is 36.1 Å². The minimum atomic E-state index is 0.313. The molecule has 0 bridgehead atoms. The Bertz CT molecular complexity index is 595. The minimum absolute atomic E-state index is 0.313. The van der Waals surface area contributed by atoms with Gasteiger partial charge in [0.05, 0.1) is 18.8 Å². The molecule has 0 aliphatic heterocycles. The lowest BCUT2D eigenvalue weighted by Gasteiger charge is -2.28. The highest BCUT2D eigenvalue weighted by Crippen LogP contribution is 2.32. The minimum Gasteiger partial charge on any atom is -0.381 e. The number of fused-ring (bicyclic) bond motifs is 1. The average molecular weight is 305 g/mol. The summed E-state index contributed by atoms with van der Waals surface area (Å²) in [5, 5.41) is 1.29. The van der Waals surface area contributed by atoms with Crippen molar-refractivity contribution in [3.05, 3.63) is 34.7 Å². The fourth-order valence-corrected chi connectivity index (χ4v) is 4.23. The molecule has 2 atom stereocenters. The third-order valence-corrected chi connectivity index (χ3v) is 5.58. The van der Waals surface area contributed by atoms with Crippen molar-refractivity contribution in [3.63, 3.8) is 0 Å². The quantitative estimate of drug-likeness (QED) is 0.913. The van der Waals surface area contributed by atoms with Crippen molar-refractivity contribution in [1.29, 1.82) is 0 Å². The molecular formula is C17H23NO2S. The average Bonchev–Trinajstić information content (AvgIpc) is 2.91. The first-order chi connectivity index (χ1) is 10.3. The second-order valence-electron chi connectivity index (χ2n) is 5.66. The maximum Gasteiger partial charge on any atom is 0.0738 e. The summed E-state index contributed by atoms with van der Waals surface area (Å²) in [4.78, 5) is 1.25. The van der Waals surface area contributed by atoms with E-state index in [0.29, 0.717) is 25.4 Å². The van der Waals surface area contributed by atoms with Gasteiger partial charge in [0.2, 0.25) is 0 Å². The lowest BCUT2D eigenvalue weighted by atomic mass is 9.95. The fraction of sp³-hybridized carbons (Fsp3) is 0.529. The second kappa shape index (κ2) is 6.88. The van der Waals surface area contributed by atoms with Crippen LogP contribution in [0.2, 0.25) is 0 Å². The zero-order chi connectivity index (χ0) is 14.7. The van der Waals surface area contributed by atoms with Crippen LogP contribution in [0.25, 0.3) is 10.1 Å². The van der Waals surface area contributed by atoms with Crippen LogP contribution in [-0.2, 0) is 22.6 Å². The zero-order valence-electron chi connectivity index (χ0n) is 12.5. The van der Waals surface area contributed by atoms with Crippen LogP contribution < -0.4 is 5.73 Å². The van der Waals surface area contributed by atoms with Crippen LogP contribution in [0, 0.1) is 0 Å². The largest absolute Gasteiger partial charge is 0.381 e. The van der Waals surface area contributed by atoms with Crippen LogP contribution in [0.3, 0.4) is 0 Å². The Morgan fingerprint density at radius 2 is 2.05 bits per heavy atom. The summed E-state index contributed by atoms with van der Waals surface area (Å²) in [5.74, 6) is 0. The van der Waals surface area contributed by atoms with Gasteiger partial charge in [-0.2, -0.15) is 0 Å². The molecule has 0 radical (unpaired) electrons. The van der Waals surface area contributed by atoms with Gasteiger partial charge >= 0.3 is 0 Å². The number of nitrogens with two attached hydrogens (primary N) is 1. The maximum atomic E-state index is 6.18. The molecule has 114 valence electrons. The molecule has 2 unspecified atom stereocenters. The van der Waals surface area contributed by atoms with Crippen LogP contribution in [-0.4, -0.2) is 19.3 Å². The Hall–Kier alpha value is -0.940. The van der Waals surface area contributed by atoms with Gasteiger partial charge in [-0.15, -0.1) is 11.3 Å². The predicted octanol–water partition coefficient (Wildman–Crippen LogP) is 3.83.